The first-order chi connectivity index (χ1) is 12.2. The van der Waals surface area contributed by atoms with Crippen LogP contribution < -0.4 is 5.56 Å². The van der Waals surface area contributed by atoms with Crippen LogP contribution in [-0.2, 0) is 23.1 Å². The first-order valence-electron chi connectivity index (χ1n) is 9.05. The van der Waals surface area contributed by atoms with Crippen molar-refractivity contribution in [2.75, 3.05) is 26.3 Å². The van der Waals surface area contributed by atoms with Crippen molar-refractivity contribution < 1.29 is 9.47 Å². The molecule has 8 heteroatoms. The summed E-state index contributed by atoms with van der Waals surface area (Å²) in [5.41, 5.74) is 0.482. The first-order valence-corrected chi connectivity index (χ1v) is 9.05. The number of aryl methyl sites for hydroxylation is 1. The van der Waals surface area contributed by atoms with Crippen molar-refractivity contribution >= 4 is 11.0 Å². The summed E-state index contributed by atoms with van der Waals surface area (Å²) in [7, 11) is 1.80. The molecule has 1 N–H and O–H groups in total. The number of aromatic amines is 1. The zero-order valence-electron chi connectivity index (χ0n) is 14.6. The Bertz CT molecular complexity index is 756. The van der Waals surface area contributed by atoms with Gasteiger partial charge in [0.05, 0.1) is 24.9 Å². The summed E-state index contributed by atoms with van der Waals surface area (Å²) in [6.45, 7) is 3.94. The van der Waals surface area contributed by atoms with E-state index in [0.29, 0.717) is 23.4 Å². The van der Waals surface area contributed by atoms with Crippen LogP contribution >= 0.6 is 0 Å². The fourth-order valence-corrected chi connectivity index (χ4v) is 3.72. The molecule has 8 nitrogen and oxygen atoms in total. The highest BCUT2D eigenvalue weighted by Crippen LogP contribution is 2.18. The molecule has 0 amide bonds. The molecule has 2 saturated heterocycles. The fraction of sp³-hybridized carbons (Fsp3) is 0.706. The number of H-pyrrole nitrogens is 1. The Kier molecular flexibility index (Phi) is 4.82. The topological polar surface area (TPSA) is 85.3 Å². The Morgan fingerprint density at radius 2 is 1.92 bits per heavy atom. The van der Waals surface area contributed by atoms with Gasteiger partial charge in [0.15, 0.2) is 5.65 Å². The van der Waals surface area contributed by atoms with Gasteiger partial charge in [0.2, 0.25) is 0 Å². The van der Waals surface area contributed by atoms with Gasteiger partial charge >= 0.3 is 0 Å². The van der Waals surface area contributed by atoms with Gasteiger partial charge in [-0.25, -0.2) is 4.98 Å². The number of hydrogen-bond acceptors (Lipinski definition) is 6. The van der Waals surface area contributed by atoms with Gasteiger partial charge in [-0.05, 0) is 25.7 Å². The molecule has 2 atom stereocenters. The van der Waals surface area contributed by atoms with Gasteiger partial charge < -0.3 is 14.5 Å². The summed E-state index contributed by atoms with van der Waals surface area (Å²) >= 11 is 0. The Balaban J connectivity index is 1.53. The van der Waals surface area contributed by atoms with Gasteiger partial charge in [-0.3, -0.25) is 14.4 Å². The Labute approximate surface area is 146 Å². The second-order valence-electron chi connectivity index (χ2n) is 6.98. The van der Waals surface area contributed by atoms with Gasteiger partial charge in [-0.1, -0.05) is 0 Å². The zero-order chi connectivity index (χ0) is 17.2. The molecule has 0 bridgehead atoms. The van der Waals surface area contributed by atoms with Gasteiger partial charge in [-0.15, -0.1) is 0 Å². The lowest BCUT2D eigenvalue weighted by Gasteiger charge is -2.27. The van der Waals surface area contributed by atoms with Crippen LogP contribution in [0.5, 0.6) is 0 Å². The summed E-state index contributed by atoms with van der Waals surface area (Å²) in [6.07, 6.45) is 6.49. The Hall–Kier alpha value is -1.77. The molecule has 2 aliphatic rings. The average Bonchev–Trinajstić information content (AvgIpc) is 3.32. The molecular weight excluding hydrogens is 322 g/mol. The number of fused-ring (bicyclic) bond motifs is 1. The zero-order valence-corrected chi connectivity index (χ0v) is 14.6. The third-order valence-electron chi connectivity index (χ3n) is 5.00. The molecule has 0 aromatic carbocycles. The van der Waals surface area contributed by atoms with E-state index in [0.717, 1.165) is 52.0 Å². The molecule has 2 aliphatic heterocycles. The summed E-state index contributed by atoms with van der Waals surface area (Å²) in [5.74, 6) is 0.664. The SMILES string of the molecule is Cn1ncc2c(=O)[nH]c(CN(C[C@H]3CCCO3)C[C@@H]3CCCO3)nc21. The standard InChI is InChI=1S/C17H25N5O3/c1-21-16-14(8-18-21)17(23)20-15(19-16)11-22(9-12-4-2-6-24-12)10-13-5-3-7-25-13/h8,12-13H,2-7,9-11H2,1H3,(H,19,20,23)/t12-,13+. The van der Waals surface area contributed by atoms with Crippen molar-refractivity contribution in [3.05, 3.63) is 22.4 Å². The van der Waals surface area contributed by atoms with Gasteiger partial charge in [0.25, 0.3) is 5.56 Å². The van der Waals surface area contributed by atoms with Crippen LogP contribution in [0.25, 0.3) is 11.0 Å². The van der Waals surface area contributed by atoms with Crippen molar-refractivity contribution in [2.24, 2.45) is 7.05 Å². The second kappa shape index (κ2) is 7.23. The predicted octanol–water partition coefficient (Wildman–Crippen LogP) is 0.817. The summed E-state index contributed by atoms with van der Waals surface area (Å²) in [4.78, 5) is 22.1. The van der Waals surface area contributed by atoms with Crippen molar-refractivity contribution in [3.63, 3.8) is 0 Å². The van der Waals surface area contributed by atoms with Crippen molar-refractivity contribution in [2.45, 2.75) is 44.4 Å². The Morgan fingerprint density at radius 3 is 2.52 bits per heavy atom. The van der Waals surface area contributed by atoms with Gasteiger partial charge in [0, 0.05) is 33.4 Å². The van der Waals surface area contributed by atoms with E-state index in [1.165, 1.54) is 0 Å². The lowest BCUT2D eigenvalue weighted by molar-refractivity contribution is 0.0336. The van der Waals surface area contributed by atoms with Crippen LogP contribution in [0, 0.1) is 0 Å². The maximum atomic E-state index is 12.3. The van der Waals surface area contributed by atoms with E-state index < -0.39 is 0 Å². The summed E-state index contributed by atoms with van der Waals surface area (Å²) in [5, 5.41) is 4.65. The molecular formula is C17H25N5O3. The van der Waals surface area contributed by atoms with Crippen molar-refractivity contribution in [1.29, 1.82) is 0 Å². The number of ether oxygens (including phenoxy) is 2. The maximum absolute atomic E-state index is 12.3. The lowest BCUT2D eigenvalue weighted by Crippen LogP contribution is -2.38. The lowest BCUT2D eigenvalue weighted by atomic mass is 10.2. The molecule has 0 radical (unpaired) electrons. The third-order valence-corrected chi connectivity index (χ3v) is 5.00. The average molecular weight is 347 g/mol. The molecule has 0 saturated carbocycles. The van der Waals surface area contributed by atoms with Crippen LogP contribution in [0.4, 0.5) is 0 Å². The van der Waals surface area contributed by atoms with E-state index >= 15 is 0 Å². The molecule has 2 aromatic rings. The van der Waals surface area contributed by atoms with Crippen molar-refractivity contribution in [3.8, 4) is 0 Å². The quantitative estimate of drug-likeness (QED) is 0.833. The predicted molar refractivity (Wildman–Crippen MR) is 92.4 cm³/mol. The number of hydrogen-bond donors (Lipinski definition) is 1. The number of rotatable bonds is 6. The number of nitrogens with one attached hydrogen (secondary N) is 1. The minimum atomic E-state index is -0.137. The third kappa shape index (κ3) is 3.75. The smallest absolute Gasteiger partial charge is 0.262 e. The molecule has 25 heavy (non-hydrogen) atoms. The minimum absolute atomic E-state index is 0.137. The van der Waals surface area contributed by atoms with Gasteiger partial charge in [-0.2, -0.15) is 5.10 Å². The van der Waals surface area contributed by atoms with Crippen LogP contribution in [0.2, 0.25) is 0 Å². The highest BCUT2D eigenvalue weighted by Gasteiger charge is 2.24. The molecule has 136 valence electrons. The fourth-order valence-electron chi connectivity index (χ4n) is 3.72. The maximum Gasteiger partial charge on any atom is 0.262 e. The normalized spacial score (nSPS) is 23.9. The molecule has 4 heterocycles. The highest BCUT2D eigenvalue weighted by atomic mass is 16.5. The monoisotopic (exact) mass is 347 g/mol. The van der Waals surface area contributed by atoms with Crippen LogP contribution in [0.1, 0.15) is 31.5 Å². The first kappa shape index (κ1) is 16.7. The van der Waals surface area contributed by atoms with E-state index in [2.05, 4.69) is 20.0 Å². The van der Waals surface area contributed by atoms with Crippen LogP contribution in [0.3, 0.4) is 0 Å². The number of nitrogens with zero attached hydrogens (tertiary/aromatic N) is 4. The molecule has 0 spiro atoms. The van der Waals surface area contributed by atoms with Crippen LogP contribution in [0.15, 0.2) is 11.0 Å². The van der Waals surface area contributed by atoms with E-state index in [1.54, 1.807) is 17.9 Å². The van der Waals surface area contributed by atoms with Gasteiger partial charge in [0.1, 0.15) is 11.2 Å². The summed E-state index contributed by atoms with van der Waals surface area (Å²) in [6, 6.07) is 0. The van der Waals surface area contributed by atoms with Crippen molar-refractivity contribution in [1.82, 2.24) is 24.6 Å². The molecule has 2 aromatic heterocycles. The molecule has 0 unspecified atom stereocenters. The number of aromatic nitrogens is 4. The molecule has 4 rings (SSSR count). The highest BCUT2D eigenvalue weighted by molar-refractivity contribution is 5.72. The van der Waals surface area contributed by atoms with Crippen LogP contribution in [-0.4, -0.2) is 63.2 Å². The van der Waals surface area contributed by atoms with E-state index in [1.807, 2.05) is 0 Å². The van der Waals surface area contributed by atoms with E-state index in [9.17, 15) is 4.79 Å². The summed E-state index contributed by atoms with van der Waals surface area (Å²) < 4.78 is 13.2. The Morgan fingerprint density at radius 1 is 1.24 bits per heavy atom. The molecule has 0 aliphatic carbocycles. The molecule has 2 fully saturated rings. The van der Waals surface area contributed by atoms with E-state index in [-0.39, 0.29) is 17.8 Å². The largest absolute Gasteiger partial charge is 0.377 e. The second-order valence-corrected chi connectivity index (χ2v) is 6.98. The van der Waals surface area contributed by atoms with E-state index in [4.69, 9.17) is 9.47 Å². The minimum Gasteiger partial charge on any atom is -0.377 e.